The summed E-state index contributed by atoms with van der Waals surface area (Å²) in [6.07, 6.45) is 0. The minimum atomic E-state index is 0.559. The fourth-order valence-corrected chi connectivity index (χ4v) is 0.433. The van der Waals surface area contributed by atoms with Crippen molar-refractivity contribution < 1.29 is 4.84 Å². The van der Waals surface area contributed by atoms with Gasteiger partial charge in [-0.2, -0.15) is 0 Å². The van der Waals surface area contributed by atoms with Crippen LogP contribution in [0.2, 0.25) is 0 Å². The highest BCUT2D eigenvalue weighted by molar-refractivity contribution is 5.73. The Bertz CT molecular complexity index is 130. The Morgan fingerprint density at radius 2 is 2.20 bits per heavy atom. The number of rotatable bonds is 3. The van der Waals surface area contributed by atoms with E-state index >= 15 is 0 Å². The van der Waals surface area contributed by atoms with E-state index in [2.05, 4.69) is 35.6 Å². The number of nitrogens with zero attached hydrogens (tertiary/aromatic N) is 2. The number of hydrogen-bond donors (Lipinski definition) is 0. The standard InChI is InChI=1S/C7H14N2O/c1-6(2)5-9-7(3)10-8-4/h6H,4-5H2,1-3H3. The van der Waals surface area contributed by atoms with Crippen LogP contribution >= 0.6 is 0 Å². The Kier molecular flexibility index (Phi) is 4.54. The maximum Gasteiger partial charge on any atom is 0.217 e. The lowest BCUT2D eigenvalue weighted by atomic mass is 10.2. The van der Waals surface area contributed by atoms with E-state index in [1.54, 1.807) is 6.92 Å². The predicted octanol–water partition coefficient (Wildman–Crippen LogP) is 1.69. The molecule has 0 heterocycles. The van der Waals surface area contributed by atoms with E-state index in [-0.39, 0.29) is 0 Å². The van der Waals surface area contributed by atoms with Crippen molar-refractivity contribution in [3.05, 3.63) is 0 Å². The number of oxime groups is 1. The SMILES string of the molecule is C=NOC(C)=NCC(C)C. The van der Waals surface area contributed by atoms with Gasteiger partial charge in [-0.3, -0.25) is 4.99 Å². The monoisotopic (exact) mass is 142 g/mol. The average molecular weight is 142 g/mol. The van der Waals surface area contributed by atoms with E-state index in [9.17, 15) is 0 Å². The minimum absolute atomic E-state index is 0.559. The highest BCUT2D eigenvalue weighted by Gasteiger charge is 1.91. The van der Waals surface area contributed by atoms with Gasteiger partial charge in [0.15, 0.2) is 0 Å². The summed E-state index contributed by atoms with van der Waals surface area (Å²) in [6.45, 7) is 9.91. The number of aliphatic imine (C=N–C) groups is 1. The highest BCUT2D eigenvalue weighted by Crippen LogP contribution is 1.92. The largest absolute Gasteiger partial charge is 0.343 e. The maximum absolute atomic E-state index is 4.66. The summed E-state index contributed by atoms with van der Waals surface area (Å²) in [5.41, 5.74) is 0. The normalized spacial score (nSPS) is 11.8. The zero-order valence-corrected chi connectivity index (χ0v) is 6.79. The summed E-state index contributed by atoms with van der Waals surface area (Å²) < 4.78 is 0. The van der Waals surface area contributed by atoms with Crippen molar-refractivity contribution in [2.45, 2.75) is 20.8 Å². The molecule has 0 fully saturated rings. The molecule has 0 saturated heterocycles. The average Bonchev–Trinajstić information content (AvgIpc) is 1.85. The van der Waals surface area contributed by atoms with Crippen LogP contribution in [0.3, 0.4) is 0 Å². The summed E-state index contributed by atoms with van der Waals surface area (Å²) in [6, 6.07) is 0. The van der Waals surface area contributed by atoms with E-state index in [0.29, 0.717) is 11.8 Å². The molecule has 0 saturated carbocycles. The molecule has 58 valence electrons. The maximum atomic E-state index is 4.66. The highest BCUT2D eigenvalue weighted by atomic mass is 16.6. The van der Waals surface area contributed by atoms with Crippen LogP contribution in [0.15, 0.2) is 10.1 Å². The second-order valence-electron chi connectivity index (χ2n) is 2.47. The predicted molar refractivity (Wildman–Crippen MR) is 43.4 cm³/mol. The summed E-state index contributed by atoms with van der Waals surface area (Å²) in [5.74, 6) is 1.13. The first kappa shape index (κ1) is 9.14. The minimum Gasteiger partial charge on any atom is -0.343 e. The van der Waals surface area contributed by atoms with Crippen LogP contribution in [0, 0.1) is 5.92 Å². The van der Waals surface area contributed by atoms with Crippen LogP contribution in [0.5, 0.6) is 0 Å². The molecule has 0 aliphatic heterocycles. The van der Waals surface area contributed by atoms with Crippen LogP contribution in [0.4, 0.5) is 0 Å². The molecule has 3 heteroatoms. The molecule has 0 amide bonds. The van der Waals surface area contributed by atoms with Crippen molar-refractivity contribution in [1.29, 1.82) is 0 Å². The zero-order valence-electron chi connectivity index (χ0n) is 6.79. The fourth-order valence-electron chi connectivity index (χ4n) is 0.433. The zero-order chi connectivity index (χ0) is 7.98. The van der Waals surface area contributed by atoms with Gasteiger partial charge in [-0.1, -0.05) is 19.0 Å². The van der Waals surface area contributed by atoms with Gasteiger partial charge in [0.1, 0.15) is 0 Å². The molecule has 0 atom stereocenters. The molecule has 10 heavy (non-hydrogen) atoms. The lowest BCUT2D eigenvalue weighted by molar-refractivity contribution is 0.327. The summed E-state index contributed by atoms with van der Waals surface area (Å²) in [5, 5.41) is 3.23. The Hall–Kier alpha value is -0.860. The Morgan fingerprint density at radius 1 is 1.60 bits per heavy atom. The Labute approximate surface area is 61.8 Å². The van der Waals surface area contributed by atoms with Crippen molar-refractivity contribution >= 4 is 12.6 Å². The molecular formula is C7H14N2O. The van der Waals surface area contributed by atoms with Gasteiger partial charge in [0, 0.05) is 20.2 Å². The molecule has 0 aromatic rings. The Balaban J connectivity index is 3.57. The molecule has 0 aliphatic carbocycles. The third-order valence-corrected chi connectivity index (χ3v) is 0.876. The first-order chi connectivity index (χ1) is 4.66. The van der Waals surface area contributed by atoms with Gasteiger partial charge in [-0.15, -0.1) is 0 Å². The summed E-state index contributed by atoms with van der Waals surface area (Å²) in [4.78, 5) is 8.73. The van der Waals surface area contributed by atoms with Gasteiger partial charge < -0.3 is 4.84 Å². The van der Waals surface area contributed by atoms with Crippen molar-refractivity contribution in [3.8, 4) is 0 Å². The molecule has 0 spiro atoms. The molecule has 0 N–H and O–H groups in total. The van der Waals surface area contributed by atoms with E-state index in [1.165, 1.54) is 0 Å². The molecule has 0 aliphatic rings. The second-order valence-corrected chi connectivity index (χ2v) is 2.47. The molecule has 0 rings (SSSR count). The van der Waals surface area contributed by atoms with E-state index in [4.69, 9.17) is 0 Å². The molecule has 0 bridgehead atoms. The van der Waals surface area contributed by atoms with E-state index in [0.717, 1.165) is 6.54 Å². The van der Waals surface area contributed by atoms with Gasteiger partial charge >= 0.3 is 0 Å². The van der Waals surface area contributed by atoms with Crippen LogP contribution in [0.1, 0.15) is 20.8 Å². The summed E-state index contributed by atoms with van der Waals surface area (Å²) in [7, 11) is 0. The molecule has 0 radical (unpaired) electrons. The molecular weight excluding hydrogens is 128 g/mol. The topological polar surface area (TPSA) is 34.0 Å². The van der Waals surface area contributed by atoms with Crippen LogP contribution in [-0.4, -0.2) is 19.2 Å². The van der Waals surface area contributed by atoms with E-state index < -0.39 is 0 Å². The lowest BCUT2D eigenvalue weighted by Crippen LogP contribution is -1.99. The van der Waals surface area contributed by atoms with Gasteiger partial charge in [-0.05, 0) is 5.92 Å². The van der Waals surface area contributed by atoms with Gasteiger partial charge in [0.25, 0.3) is 0 Å². The molecule has 0 aromatic carbocycles. The Morgan fingerprint density at radius 3 is 2.60 bits per heavy atom. The van der Waals surface area contributed by atoms with Crippen LogP contribution in [0.25, 0.3) is 0 Å². The van der Waals surface area contributed by atoms with Crippen molar-refractivity contribution in [1.82, 2.24) is 0 Å². The molecule has 3 nitrogen and oxygen atoms in total. The van der Waals surface area contributed by atoms with Crippen molar-refractivity contribution in [3.63, 3.8) is 0 Å². The second kappa shape index (κ2) is 4.97. The lowest BCUT2D eigenvalue weighted by Gasteiger charge is -1.99. The fraction of sp³-hybridized carbons (Fsp3) is 0.714. The van der Waals surface area contributed by atoms with Crippen molar-refractivity contribution in [2.24, 2.45) is 16.1 Å². The first-order valence-electron chi connectivity index (χ1n) is 3.31. The quantitative estimate of drug-likeness (QED) is 0.335. The number of hydrogen-bond acceptors (Lipinski definition) is 3. The van der Waals surface area contributed by atoms with Crippen LogP contribution < -0.4 is 0 Å². The van der Waals surface area contributed by atoms with Gasteiger partial charge in [-0.25, -0.2) is 0 Å². The summed E-state index contributed by atoms with van der Waals surface area (Å²) >= 11 is 0. The molecule has 0 aromatic heterocycles. The van der Waals surface area contributed by atoms with Gasteiger partial charge in [0.05, 0.1) is 0 Å². The van der Waals surface area contributed by atoms with Crippen molar-refractivity contribution in [2.75, 3.05) is 6.54 Å². The smallest absolute Gasteiger partial charge is 0.217 e. The van der Waals surface area contributed by atoms with E-state index in [1.807, 2.05) is 0 Å². The third-order valence-electron chi connectivity index (χ3n) is 0.876. The third kappa shape index (κ3) is 5.28. The first-order valence-corrected chi connectivity index (χ1v) is 3.31. The van der Waals surface area contributed by atoms with Gasteiger partial charge in [0.2, 0.25) is 5.90 Å². The molecule has 0 unspecified atom stereocenters. The van der Waals surface area contributed by atoms with Crippen LogP contribution in [-0.2, 0) is 4.84 Å².